The van der Waals surface area contributed by atoms with Gasteiger partial charge in [-0.2, -0.15) is 12.7 Å². The van der Waals surface area contributed by atoms with Crippen molar-refractivity contribution in [1.29, 1.82) is 0 Å². The number of halogens is 3. The molecule has 12 heavy (non-hydrogen) atoms. The lowest BCUT2D eigenvalue weighted by Gasteiger charge is -2.00. The van der Waals surface area contributed by atoms with Gasteiger partial charge in [0.15, 0.2) is 0 Å². The molecule has 1 aromatic carbocycles. The highest BCUT2D eigenvalue weighted by atomic mass is 32.2. The molecule has 0 aliphatic carbocycles. The lowest BCUT2D eigenvalue weighted by molar-refractivity contribution is 0.638. The zero-order chi connectivity index (χ0) is 9.14. The highest BCUT2D eigenvalue weighted by Crippen LogP contribution is 2.32. The average Bonchev–Trinajstić information content (AvgIpc) is 2.04. The molecule has 0 aromatic heterocycles. The third-order valence-corrected chi connectivity index (χ3v) is 2.54. The summed E-state index contributed by atoms with van der Waals surface area (Å²) in [5.41, 5.74) is 0.552. The normalized spacial score (nSPS) is 12.7. The van der Waals surface area contributed by atoms with E-state index in [0.29, 0.717) is 5.56 Å². The van der Waals surface area contributed by atoms with Gasteiger partial charge in [-0.3, -0.25) is 0 Å². The minimum Gasteiger partial charge on any atom is -0.163 e. The molecule has 4 heteroatoms. The lowest BCUT2D eigenvalue weighted by Crippen LogP contribution is -1.81. The van der Waals surface area contributed by atoms with Crippen molar-refractivity contribution in [2.75, 3.05) is 0 Å². The van der Waals surface area contributed by atoms with Gasteiger partial charge in [0.25, 0.3) is 0 Å². The minimum absolute atomic E-state index is 0.0671. The summed E-state index contributed by atoms with van der Waals surface area (Å²) >= 11 is 0. The van der Waals surface area contributed by atoms with Gasteiger partial charge in [0, 0.05) is 4.90 Å². The second kappa shape index (κ2) is 3.76. The Morgan fingerprint density at radius 2 is 1.83 bits per heavy atom. The molecular formula is C8H7F3S. The first kappa shape index (κ1) is 9.32. The van der Waals surface area contributed by atoms with Crippen LogP contribution >= 0.6 is 10.9 Å². The Bertz CT molecular complexity index is 316. The molecule has 1 atom stereocenters. The van der Waals surface area contributed by atoms with Crippen molar-refractivity contribution >= 4 is 16.2 Å². The van der Waals surface area contributed by atoms with E-state index in [-0.39, 0.29) is 4.90 Å². The van der Waals surface area contributed by atoms with E-state index in [2.05, 4.69) is 0 Å². The van der Waals surface area contributed by atoms with Crippen LogP contribution in [0.3, 0.4) is 0 Å². The van der Waals surface area contributed by atoms with E-state index in [1.165, 1.54) is 6.07 Å². The van der Waals surface area contributed by atoms with Crippen LogP contribution in [0.25, 0.3) is 0 Å². The molecule has 0 saturated heterocycles. The number of hydrogen-bond acceptors (Lipinski definition) is 0. The molecular weight excluding hydrogens is 185 g/mol. The summed E-state index contributed by atoms with van der Waals surface area (Å²) < 4.78 is 36.5. The molecule has 1 aromatic rings. The van der Waals surface area contributed by atoms with Crippen molar-refractivity contribution in [3.8, 4) is 0 Å². The van der Waals surface area contributed by atoms with Crippen LogP contribution in [0.5, 0.6) is 0 Å². The van der Waals surface area contributed by atoms with Gasteiger partial charge in [0.2, 0.25) is 0 Å². The van der Waals surface area contributed by atoms with Gasteiger partial charge >= 0.3 is 5.37 Å². The summed E-state index contributed by atoms with van der Waals surface area (Å²) in [5.74, 6) is 0. The molecule has 1 rings (SSSR count). The van der Waals surface area contributed by atoms with Crippen molar-refractivity contribution in [3.63, 3.8) is 0 Å². The van der Waals surface area contributed by atoms with Crippen molar-refractivity contribution in [1.82, 2.24) is 0 Å². The maximum atomic E-state index is 12.8. The average molecular weight is 192 g/mol. The van der Waals surface area contributed by atoms with Gasteiger partial charge in [-0.05, 0) is 18.6 Å². The van der Waals surface area contributed by atoms with Gasteiger partial charge in [-0.25, -0.2) is 0 Å². The predicted molar refractivity (Wildman–Crippen MR) is 45.4 cm³/mol. The zero-order valence-corrected chi connectivity index (χ0v) is 7.17. The number of aryl methyl sites for hydroxylation is 1. The van der Waals surface area contributed by atoms with Crippen LogP contribution < -0.4 is 0 Å². The highest BCUT2D eigenvalue weighted by Gasteiger charge is 2.07. The van der Waals surface area contributed by atoms with E-state index >= 15 is 0 Å². The van der Waals surface area contributed by atoms with E-state index in [1.807, 2.05) is 0 Å². The van der Waals surface area contributed by atoms with Gasteiger partial charge < -0.3 is 0 Å². The highest BCUT2D eigenvalue weighted by molar-refractivity contribution is 8.11. The molecule has 1 unspecified atom stereocenters. The molecule has 0 nitrogen and oxygen atoms in total. The van der Waals surface area contributed by atoms with E-state index in [4.69, 9.17) is 0 Å². The van der Waals surface area contributed by atoms with E-state index in [1.54, 1.807) is 25.1 Å². The Balaban J connectivity index is 3.21. The van der Waals surface area contributed by atoms with E-state index in [0.717, 1.165) is 0 Å². The molecule has 0 N–H and O–H groups in total. The Labute approximate surface area is 71.2 Å². The van der Waals surface area contributed by atoms with Crippen molar-refractivity contribution in [2.45, 2.75) is 11.8 Å². The molecule has 0 amide bonds. The van der Waals surface area contributed by atoms with Crippen LogP contribution in [0.1, 0.15) is 5.56 Å². The molecule has 0 heterocycles. The molecule has 0 saturated carbocycles. The van der Waals surface area contributed by atoms with Crippen LogP contribution in [0.2, 0.25) is 0 Å². The number of hydrogen-bond donors (Lipinski definition) is 0. The fourth-order valence-corrected chi connectivity index (χ4v) is 1.56. The molecule has 0 radical (unpaired) electrons. The Morgan fingerprint density at radius 1 is 1.25 bits per heavy atom. The van der Waals surface area contributed by atoms with E-state index < -0.39 is 16.2 Å². The molecule has 0 aliphatic rings. The molecule has 66 valence electrons. The Kier molecular flexibility index (Phi) is 2.92. The molecule has 0 spiro atoms. The summed E-state index contributed by atoms with van der Waals surface area (Å²) in [6.45, 7) is 1.61. The quantitative estimate of drug-likeness (QED) is 0.471. The molecule has 0 fully saturated rings. The van der Waals surface area contributed by atoms with Gasteiger partial charge in [0.1, 0.15) is 0 Å². The second-order valence-corrected chi connectivity index (χ2v) is 3.51. The minimum atomic E-state index is -2.51. The van der Waals surface area contributed by atoms with E-state index in [9.17, 15) is 12.7 Å². The fourth-order valence-electron chi connectivity index (χ4n) is 0.841. The first-order valence-corrected chi connectivity index (χ1v) is 4.39. The summed E-state index contributed by atoms with van der Waals surface area (Å²) in [6.07, 6.45) is 0. The number of rotatable bonds is 1. The monoisotopic (exact) mass is 192 g/mol. The third-order valence-electron chi connectivity index (χ3n) is 1.42. The first-order valence-electron chi connectivity index (χ1n) is 3.27. The van der Waals surface area contributed by atoms with Crippen LogP contribution in [-0.4, -0.2) is 5.37 Å². The summed E-state index contributed by atoms with van der Waals surface area (Å²) in [5, 5.41) is -2.16. The van der Waals surface area contributed by atoms with Crippen LogP contribution in [0.15, 0.2) is 29.2 Å². The van der Waals surface area contributed by atoms with Crippen molar-refractivity contribution in [2.24, 2.45) is 0 Å². The largest absolute Gasteiger partial charge is 0.328 e. The maximum Gasteiger partial charge on any atom is 0.328 e. The number of benzene rings is 1. The van der Waals surface area contributed by atoms with Crippen molar-refractivity contribution < 1.29 is 12.7 Å². The predicted octanol–water partition coefficient (Wildman–Crippen LogP) is 3.53. The maximum absolute atomic E-state index is 12.8. The van der Waals surface area contributed by atoms with Crippen LogP contribution in [0, 0.1) is 6.92 Å². The third kappa shape index (κ3) is 1.88. The molecule has 0 aliphatic heterocycles. The summed E-state index contributed by atoms with van der Waals surface area (Å²) in [6, 6.07) is 6.21. The topological polar surface area (TPSA) is 0 Å². The zero-order valence-electron chi connectivity index (χ0n) is 6.35. The summed E-state index contributed by atoms with van der Waals surface area (Å²) in [4.78, 5) is 0.0671. The second-order valence-electron chi connectivity index (χ2n) is 2.25. The Morgan fingerprint density at radius 3 is 2.33 bits per heavy atom. The summed E-state index contributed by atoms with van der Waals surface area (Å²) in [7, 11) is -2.51. The van der Waals surface area contributed by atoms with Crippen molar-refractivity contribution in [3.05, 3.63) is 29.8 Å². The SMILES string of the molecule is Cc1ccccc1S(F)=C(F)F. The smallest absolute Gasteiger partial charge is 0.163 e. The lowest BCUT2D eigenvalue weighted by atomic mass is 10.2. The van der Waals surface area contributed by atoms with Gasteiger partial charge in [-0.1, -0.05) is 18.2 Å². The van der Waals surface area contributed by atoms with Gasteiger partial charge in [-0.15, -0.1) is 0 Å². The Hall–Kier alpha value is -0.770. The standard InChI is InChI=1S/C8H7F3S/c1-6-4-2-3-5-7(6)12(11)8(9)10/h2-5H,1H3. The molecule has 0 bridgehead atoms. The van der Waals surface area contributed by atoms with Crippen LogP contribution in [-0.2, 0) is 0 Å². The van der Waals surface area contributed by atoms with Crippen LogP contribution in [0.4, 0.5) is 12.7 Å². The van der Waals surface area contributed by atoms with Gasteiger partial charge in [0.05, 0.1) is 10.9 Å². The first-order chi connectivity index (χ1) is 5.63. The fraction of sp³-hybridized carbons (Fsp3) is 0.125.